The Morgan fingerprint density at radius 2 is 2.06 bits per heavy atom. The van der Waals surface area contributed by atoms with Crippen LogP contribution in [0.15, 0.2) is 24.3 Å². The number of para-hydroxylation sites is 1. The predicted molar refractivity (Wildman–Crippen MR) is 126 cm³/mol. The summed E-state index contributed by atoms with van der Waals surface area (Å²) in [5, 5.41) is 23.9. The number of carbonyl (C=O) groups excluding carboxylic acids is 3. The molecule has 2 bridgehead atoms. The Hall–Kier alpha value is -2.66. The van der Waals surface area contributed by atoms with Gasteiger partial charge in [-0.2, -0.15) is 0 Å². The van der Waals surface area contributed by atoms with Crippen molar-refractivity contribution in [3.63, 3.8) is 0 Å². The Bertz CT molecular complexity index is 1120. The molecule has 3 aliphatic heterocycles. The number of β-amino-alcohol motifs (C(OH)–C–C–N with tert-alkyl or cyclic N) is 1. The lowest BCUT2D eigenvalue weighted by Crippen LogP contribution is -2.57. The monoisotopic (exact) mass is 486 g/mol. The van der Waals surface area contributed by atoms with Crippen molar-refractivity contribution >= 4 is 40.5 Å². The molecule has 182 valence electrons. The molecule has 0 aliphatic carbocycles. The van der Waals surface area contributed by atoms with E-state index in [1.165, 1.54) is 4.90 Å². The lowest BCUT2D eigenvalue weighted by molar-refractivity contribution is -0.140. The van der Waals surface area contributed by atoms with Crippen molar-refractivity contribution in [3.8, 4) is 0 Å². The molecule has 1 aromatic heterocycles. The normalized spacial score (nSPS) is 31.8. The van der Waals surface area contributed by atoms with E-state index in [2.05, 4.69) is 27.9 Å². The lowest BCUT2D eigenvalue weighted by atomic mass is 9.66. The Labute approximate surface area is 201 Å². The van der Waals surface area contributed by atoms with Crippen LogP contribution < -0.4 is 10.6 Å². The van der Waals surface area contributed by atoms with Crippen molar-refractivity contribution in [1.82, 2.24) is 30.5 Å². The minimum absolute atomic E-state index is 0.00615. The summed E-state index contributed by atoms with van der Waals surface area (Å²) in [7, 11) is 0. The molecular weight excluding hydrogens is 456 g/mol. The quantitative estimate of drug-likeness (QED) is 0.491. The summed E-state index contributed by atoms with van der Waals surface area (Å²) in [4.78, 5) is 41.9. The molecule has 3 N–H and O–H groups in total. The van der Waals surface area contributed by atoms with E-state index in [0.29, 0.717) is 6.54 Å². The zero-order chi connectivity index (χ0) is 24.0. The molecule has 0 saturated carbocycles. The summed E-state index contributed by atoms with van der Waals surface area (Å²) < 4.78 is 0.916. The van der Waals surface area contributed by atoms with Crippen LogP contribution in [0.3, 0.4) is 0 Å². The van der Waals surface area contributed by atoms with Gasteiger partial charge in [0, 0.05) is 18.3 Å². The van der Waals surface area contributed by atoms with E-state index < -0.39 is 22.6 Å². The van der Waals surface area contributed by atoms with Gasteiger partial charge in [-0.25, -0.2) is 4.68 Å². The van der Waals surface area contributed by atoms with Crippen LogP contribution in [0.25, 0.3) is 11.0 Å². The predicted octanol–water partition coefficient (Wildman–Crippen LogP) is 0.361. The summed E-state index contributed by atoms with van der Waals surface area (Å²) in [6, 6.07) is 6.72. The smallest absolute Gasteiger partial charge is 0.245 e. The van der Waals surface area contributed by atoms with E-state index in [9.17, 15) is 19.5 Å². The second-order valence-electron chi connectivity index (χ2n) is 9.38. The van der Waals surface area contributed by atoms with E-state index in [1.807, 2.05) is 31.2 Å². The van der Waals surface area contributed by atoms with Gasteiger partial charge in [-0.1, -0.05) is 31.2 Å². The van der Waals surface area contributed by atoms with Gasteiger partial charge in [-0.05, 0) is 30.9 Å². The molecule has 3 saturated heterocycles. The summed E-state index contributed by atoms with van der Waals surface area (Å²) in [6.45, 7) is 4.54. The minimum Gasteiger partial charge on any atom is -0.395 e. The largest absolute Gasteiger partial charge is 0.395 e. The summed E-state index contributed by atoms with van der Waals surface area (Å²) >= 11 is 1.62. The number of nitrogens with zero attached hydrogens (tertiary/aromatic N) is 4. The van der Waals surface area contributed by atoms with Crippen LogP contribution in [0, 0.1) is 17.8 Å². The first kappa shape index (κ1) is 23.1. The SMILES string of the molecule is CCCNC(=O)[C@@H]1[C@@H]2CC(C)C3(S2)C(C(=O)NCn2nnc4ccccc42)N(CCO)C(=O)[C@H]13. The van der Waals surface area contributed by atoms with E-state index in [1.54, 1.807) is 16.4 Å². The van der Waals surface area contributed by atoms with Gasteiger partial charge in [0.1, 0.15) is 18.2 Å². The van der Waals surface area contributed by atoms with Crippen molar-refractivity contribution in [1.29, 1.82) is 0 Å². The van der Waals surface area contributed by atoms with Gasteiger partial charge in [-0.3, -0.25) is 14.4 Å². The van der Waals surface area contributed by atoms with Crippen LogP contribution in [0.5, 0.6) is 0 Å². The fourth-order valence-corrected chi connectivity index (χ4v) is 8.54. The Balaban J connectivity index is 1.44. The molecule has 1 spiro atoms. The van der Waals surface area contributed by atoms with Gasteiger partial charge in [0.05, 0.1) is 28.7 Å². The van der Waals surface area contributed by atoms with Crippen molar-refractivity contribution in [2.75, 3.05) is 19.7 Å². The summed E-state index contributed by atoms with van der Waals surface area (Å²) in [6.07, 6.45) is 1.60. The van der Waals surface area contributed by atoms with E-state index in [4.69, 9.17) is 0 Å². The molecule has 5 rings (SSSR count). The molecule has 1 aromatic carbocycles. The fraction of sp³-hybridized carbons (Fsp3) is 0.609. The van der Waals surface area contributed by atoms with Crippen LogP contribution in [-0.2, 0) is 21.1 Å². The number of aromatic nitrogens is 3. The third kappa shape index (κ3) is 3.31. The van der Waals surface area contributed by atoms with E-state index in [0.717, 1.165) is 23.9 Å². The second-order valence-corrected chi connectivity index (χ2v) is 10.9. The third-order valence-corrected chi connectivity index (χ3v) is 9.59. The number of fused-ring (bicyclic) bond motifs is 2. The highest BCUT2D eigenvalue weighted by Gasteiger charge is 2.75. The number of nitrogens with one attached hydrogen (secondary N) is 2. The molecule has 6 atom stereocenters. The van der Waals surface area contributed by atoms with Gasteiger partial charge in [0.2, 0.25) is 17.7 Å². The zero-order valence-electron chi connectivity index (χ0n) is 19.3. The Kier molecular flexibility index (Phi) is 6.01. The van der Waals surface area contributed by atoms with Gasteiger partial charge in [0.25, 0.3) is 0 Å². The fourth-order valence-electron chi connectivity index (χ4n) is 6.12. The van der Waals surface area contributed by atoms with Gasteiger partial charge in [0.15, 0.2) is 0 Å². The number of thioether (sulfide) groups is 1. The molecule has 3 fully saturated rings. The highest BCUT2D eigenvalue weighted by molar-refractivity contribution is 8.02. The highest BCUT2D eigenvalue weighted by atomic mass is 32.2. The van der Waals surface area contributed by atoms with E-state index in [-0.39, 0.29) is 48.7 Å². The van der Waals surface area contributed by atoms with Gasteiger partial charge >= 0.3 is 0 Å². The number of carbonyl (C=O) groups is 3. The maximum atomic E-state index is 13.7. The van der Waals surface area contributed by atoms with Crippen LogP contribution in [0.1, 0.15) is 26.7 Å². The molecule has 2 aromatic rings. The summed E-state index contributed by atoms with van der Waals surface area (Å²) in [5.74, 6) is -1.56. The van der Waals surface area contributed by atoms with Crippen LogP contribution >= 0.6 is 11.8 Å². The average Bonchev–Trinajstić information content (AvgIpc) is 3.54. The average molecular weight is 487 g/mol. The minimum atomic E-state index is -0.763. The molecular formula is C23H30N6O4S. The van der Waals surface area contributed by atoms with Crippen molar-refractivity contribution < 1.29 is 19.5 Å². The standard InChI is InChI=1S/C23H30N6O4S/c1-3-8-24-20(31)17-16-11-13(2)23(34-16)18(17)22(33)28(9-10-30)19(23)21(32)25-12-29-15-7-5-4-6-14(15)26-27-29/h4-7,13,16-19,30H,3,8-12H2,1-2H3,(H,24,31)(H,25,32)/t13?,16-,17+,18-,19?,23?/m0/s1. The second kappa shape index (κ2) is 8.84. The number of hydrogen-bond donors (Lipinski definition) is 3. The number of aliphatic hydroxyl groups is 1. The number of aliphatic hydroxyl groups excluding tert-OH is 1. The molecule has 34 heavy (non-hydrogen) atoms. The molecule has 10 nitrogen and oxygen atoms in total. The Morgan fingerprint density at radius 3 is 2.82 bits per heavy atom. The summed E-state index contributed by atoms with van der Waals surface area (Å²) in [5.41, 5.74) is 1.53. The molecule has 4 heterocycles. The maximum Gasteiger partial charge on any atom is 0.245 e. The van der Waals surface area contributed by atoms with Crippen molar-refractivity contribution in [2.45, 2.75) is 49.4 Å². The van der Waals surface area contributed by atoms with Crippen molar-refractivity contribution in [3.05, 3.63) is 24.3 Å². The molecule has 0 radical (unpaired) electrons. The molecule has 3 amide bonds. The lowest BCUT2D eigenvalue weighted by Gasteiger charge is -2.38. The number of hydrogen-bond acceptors (Lipinski definition) is 7. The zero-order valence-corrected chi connectivity index (χ0v) is 20.1. The van der Waals surface area contributed by atoms with Gasteiger partial charge < -0.3 is 20.6 Å². The van der Waals surface area contributed by atoms with Crippen LogP contribution in [0.4, 0.5) is 0 Å². The molecule has 11 heteroatoms. The van der Waals surface area contributed by atoms with Crippen LogP contribution in [-0.4, -0.2) is 78.5 Å². The Morgan fingerprint density at radius 1 is 1.26 bits per heavy atom. The van der Waals surface area contributed by atoms with Crippen LogP contribution in [0.2, 0.25) is 0 Å². The first-order chi connectivity index (χ1) is 16.4. The highest BCUT2D eigenvalue weighted by Crippen LogP contribution is 2.68. The van der Waals surface area contributed by atoms with Crippen molar-refractivity contribution in [2.24, 2.45) is 17.8 Å². The number of likely N-dealkylation sites (tertiary alicyclic amines) is 1. The first-order valence-electron chi connectivity index (χ1n) is 11.9. The maximum absolute atomic E-state index is 13.7. The van der Waals surface area contributed by atoms with E-state index >= 15 is 0 Å². The number of amides is 3. The number of rotatable bonds is 8. The third-order valence-electron chi connectivity index (χ3n) is 7.51. The molecule has 3 aliphatic rings. The van der Waals surface area contributed by atoms with Gasteiger partial charge in [-0.15, -0.1) is 16.9 Å². The first-order valence-corrected chi connectivity index (χ1v) is 12.7. The molecule has 3 unspecified atom stereocenters. The topological polar surface area (TPSA) is 129 Å². The number of benzene rings is 1.